The molecule has 1 amide bonds. The van der Waals surface area contributed by atoms with Crippen molar-refractivity contribution in [3.05, 3.63) is 34.1 Å². The van der Waals surface area contributed by atoms with E-state index in [1.54, 1.807) is 19.2 Å². The Balaban J connectivity index is 2.00. The molecule has 10 heteroatoms. The quantitative estimate of drug-likeness (QED) is 0.188. The van der Waals surface area contributed by atoms with Crippen LogP contribution in [0, 0.1) is 11.7 Å². The zero-order valence-electron chi connectivity index (χ0n) is 22.0. The van der Waals surface area contributed by atoms with E-state index >= 15 is 4.39 Å². The van der Waals surface area contributed by atoms with Gasteiger partial charge in [-0.05, 0) is 58.4 Å². The first-order valence-electron chi connectivity index (χ1n) is 11.9. The first-order chi connectivity index (χ1) is 16.1. The smallest absolute Gasteiger partial charge is 0.418 e. The summed E-state index contributed by atoms with van der Waals surface area (Å²) in [7, 11) is 0.367. The number of aliphatic imine (C=N–C) groups is 1. The lowest BCUT2D eigenvalue weighted by molar-refractivity contribution is 0.0110. The molecular formula is C25H38BrFN2O4SSi. The van der Waals surface area contributed by atoms with E-state index in [9.17, 15) is 4.79 Å². The molecule has 0 spiro atoms. The third-order valence-electron chi connectivity index (χ3n) is 6.25. The lowest BCUT2D eigenvalue weighted by Crippen LogP contribution is -2.46. The average Bonchev–Trinajstić information content (AvgIpc) is 3.43. The van der Waals surface area contributed by atoms with Crippen LogP contribution in [0.1, 0.15) is 39.7 Å². The second kappa shape index (κ2) is 10.4. The van der Waals surface area contributed by atoms with Crippen molar-refractivity contribution in [1.82, 2.24) is 4.90 Å². The van der Waals surface area contributed by atoms with Crippen LogP contribution in [-0.2, 0) is 19.7 Å². The van der Waals surface area contributed by atoms with E-state index in [0.717, 1.165) is 16.9 Å². The number of thioether (sulfide) groups is 1. The monoisotopic (exact) mass is 588 g/mol. The second-order valence-corrected chi connectivity index (χ2v) is 19.7. The van der Waals surface area contributed by atoms with Crippen LogP contribution in [0.25, 0.3) is 0 Å². The normalized spacial score (nSPS) is 26.1. The van der Waals surface area contributed by atoms with Crippen molar-refractivity contribution in [2.75, 3.05) is 27.1 Å². The van der Waals surface area contributed by atoms with Gasteiger partial charge in [0.15, 0.2) is 5.17 Å². The van der Waals surface area contributed by atoms with E-state index in [1.165, 1.54) is 22.7 Å². The highest BCUT2D eigenvalue weighted by Gasteiger charge is 2.67. The maximum absolute atomic E-state index is 15.1. The molecule has 0 unspecified atom stereocenters. The molecule has 1 aliphatic heterocycles. The van der Waals surface area contributed by atoms with Crippen molar-refractivity contribution in [3.63, 3.8) is 0 Å². The maximum atomic E-state index is 15.1. The van der Waals surface area contributed by atoms with Gasteiger partial charge in [-0.1, -0.05) is 47.3 Å². The highest BCUT2D eigenvalue weighted by Crippen LogP contribution is 2.66. The fraction of sp³-hybridized carbons (Fsp3) is 0.680. The van der Waals surface area contributed by atoms with Gasteiger partial charge in [0.05, 0.1) is 16.9 Å². The van der Waals surface area contributed by atoms with E-state index in [0.29, 0.717) is 23.9 Å². The molecule has 35 heavy (non-hydrogen) atoms. The van der Waals surface area contributed by atoms with E-state index < -0.39 is 25.3 Å². The summed E-state index contributed by atoms with van der Waals surface area (Å²) >= 11 is 4.99. The zero-order valence-corrected chi connectivity index (χ0v) is 25.4. The molecule has 1 fully saturated rings. The number of fused-ring (bicyclic) bond motifs is 1. The van der Waals surface area contributed by atoms with E-state index in [4.69, 9.17) is 19.2 Å². The van der Waals surface area contributed by atoms with Crippen molar-refractivity contribution in [3.8, 4) is 0 Å². The number of halogens is 2. The fourth-order valence-electron chi connectivity index (χ4n) is 4.31. The summed E-state index contributed by atoms with van der Waals surface area (Å²) in [5.74, 6) is -0.250. The molecule has 0 bridgehead atoms. The first kappa shape index (κ1) is 28.6. The summed E-state index contributed by atoms with van der Waals surface area (Å²) in [5.41, 5.74) is -1.05. The van der Waals surface area contributed by atoms with Crippen LogP contribution >= 0.6 is 27.7 Å². The predicted molar refractivity (Wildman–Crippen MR) is 146 cm³/mol. The average molecular weight is 590 g/mol. The topological polar surface area (TPSA) is 60.4 Å². The first-order valence-corrected chi connectivity index (χ1v) is 17.2. The molecule has 1 aliphatic carbocycles. The number of carbonyl (C=O) groups is 1. The molecule has 0 aromatic heterocycles. The maximum Gasteiger partial charge on any atom is 0.418 e. The van der Waals surface area contributed by atoms with Crippen LogP contribution in [0.2, 0.25) is 25.7 Å². The molecule has 1 heterocycles. The molecule has 3 rings (SSSR count). The second-order valence-electron chi connectivity index (χ2n) is 11.8. The van der Waals surface area contributed by atoms with Gasteiger partial charge < -0.3 is 14.2 Å². The van der Waals surface area contributed by atoms with Gasteiger partial charge in [-0.25, -0.2) is 14.1 Å². The van der Waals surface area contributed by atoms with E-state index in [1.807, 2.05) is 27.7 Å². The zero-order chi connectivity index (χ0) is 26.2. The van der Waals surface area contributed by atoms with Gasteiger partial charge in [0, 0.05) is 37.7 Å². The molecule has 1 aromatic carbocycles. The Morgan fingerprint density at radius 2 is 2.03 bits per heavy atom. The van der Waals surface area contributed by atoms with Crippen molar-refractivity contribution in [2.45, 2.75) is 75.7 Å². The summed E-state index contributed by atoms with van der Waals surface area (Å²) in [6, 6.07) is 5.89. The fourth-order valence-corrected chi connectivity index (χ4v) is 7.06. The Hall–Kier alpha value is -0.943. The minimum atomic E-state index is -1.30. The number of rotatable bonds is 8. The summed E-state index contributed by atoms with van der Waals surface area (Å²) in [4.78, 5) is 19.8. The van der Waals surface area contributed by atoms with Crippen LogP contribution in [0.3, 0.4) is 0 Å². The largest absolute Gasteiger partial charge is 0.443 e. The number of carbonyl (C=O) groups excluding carboxylic acids is 1. The third-order valence-corrected chi connectivity index (χ3v) is 9.92. The Labute approximate surface area is 222 Å². The van der Waals surface area contributed by atoms with E-state index in [2.05, 4.69) is 35.6 Å². The summed E-state index contributed by atoms with van der Waals surface area (Å²) < 4.78 is 32.9. The Morgan fingerprint density at radius 1 is 1.34 bits per heavy atom. The lowest BCUT2D eigenvalue weighted by atomic mass is 9.86. The van der Waals surface area contributed by atoms with Gasteiger partial charge in [0.2, 0.25) is 0 Å². The Bertz CT molecular complexity index is 983. The van der Waals surface area contributed by atoms with Gasteiger partial charge in [0.25, 0.3) is 0 Å². The number of amides is 1. The van der Waals surface area contributed by atoms with Crippen molar-refractivity contribution in [1.29, 1.82) is 0 Å². The Kier molecular flexibility index (Phi) is 8.53. The number of ether oxygens (including phenoxy) is 3. The van der Waals surface area contributed by atoms with E-state index in [-0.39, 0.29) is 23.2 Å². The van der Waals surface area contributed by atoms with Gasteiger partial charge >= 0.3 is 6.09 Å². The molecule has 1 saturated carbocycles. The van der Waals surface area contributed by atoms with Gasteiger partial charge in [-0.3, -0.25) is 4.99 Å². The number of methoxy groups -OCH3 is 1. The number of nitrogens with zero attached hydrogens (tertiary/aromatic N) is 2. The molecule has 1 aromatic rings. The SMILES string of the molecule is COC[C@]12C[C@H]1[C@@](C)(c1cc(Br)ccc1F)N=C(N(COCC[Si](C)(C)C)C(=O)OC(C)(C)C)S2. The minimum Gasteiger partial charge on any atom is -0.443 e. The lowest BCUT2D eigenvalue weighted by Gasteiger charge is -2.38. The van der Waals surface area contributed by atoms with Crippen molar-refractivity contribution < 1.29 is 23.4 Å². The van der Waals surface area contributed by atoms with Gasteiger partial charge in [0.1, 0.15) is 18.1 Å². The number of hydrogen-bond acceptors (Lipinski definition) is 6. The molecule has 3 atom stereocenters. The molecule has 0 radical (unpaired) electrons. The predicted octanol–water partition coefficient (Wildman–Crippen LogP) is 6.86. The standard InChI is InChI=1S/C25H38BrFN2O4SSi/c1-23(2,3)33-22(30)29(16-32-11-12-35(6,7)8)21-28-24(4,18-13-17(26)9-10-19(18)27)20-14-25(20,34-21)15-31-5/h9-10,13,20H,11-12,14-16H2,1-8H3/t20-,24+,25+/m0/s1. The van der Waals surface area contributed by atoms with Crippen LogP contribution < -0.4 is 0 Å². The highest BCUT2D eigenvalue weighted by molar-refractivity contribution is 9.10. The van der Waals surface area contributed by atoms with Crippen molar-refractivity contribution in [2.24, 2.45) is 10.9 Å². The molecular weight excluding hydrogens is 551 g/mol. The Morgan fingerprint density at radius 3 is 2.63 bits per heavy atom. The number of amidine groups is 1. The third kappa shape index (κ3) is 6.88. The molecule has 196 valence electrons. The highest BCUT2D eigenvalue weighted by atomic mass is 79.9. The molecule has 6 nitrogen and oxygen atoms in total. The van der Waals surface area contributed by atoms with Gasteiger partial charge in [-0.2, -0.15) is 0 Å². The number of hydrogen-bond donors (Lipinski definition) is 0. The minimum absolute atomic E-state index is 0.0238. The molecule has 0 saturated heterocycles. The summed E-state index contributed by atoms with van der Waals surface area (Å²) in [6.07, 6.45) is 0.278. The van der Waals surface area contributed by atoms with Crippen molar-refractivity contribution >= 4 is 47.0 Å². The van der Waals surface area contributed by atoms with Crippen LogP contribution in [-0.4, -0.2) is 61.6 Å². The molecule has 2 aliphatic rings. The summed E-state index contributed by atoms with van der Waals surface area (Å²) in [5, 5.41) is 0.472. The summed E-state index contributed by atoms with van der Waals surface area (Å²) in [6.45, 7) is 15.3. The van der Waals surface area contributed by atoms with Crippen LogP contribution in [0.4, 0.5) is 9.18 Å². The molecule has 0 N–H and O–H groups in total. The van der Waals surface area contributed by atoms with Crippen LogP contribution in [0.15, 0.2) is 27.7 Å². The van der Waals surface area contributed by atoms with Crippen LogP contribution in [0.5, 0.6) is 0 Å². The van der Waals surface area contributed by atoms with Gasteiger partial charge in [-0.15, -0.1) is 0 Å². The number of benzene rings is 1.